The van der Waals surface area contributed by atoms with Crippen LogP contribution in [0.3, 0.4) is 0 Å². The van der Waals surface area contributed by atoms with E-state index in [1.54, 1.807) is 7.11 Å². The maximum atomic E-state index is 13.7. The van der Waals surface area contributed by atoms with Crippen molar-refractivity contribution in [3.8, 4) is 0 Å². The number of nitrogens with zero attached hydrogens (tertiary/aromatic N) is 3. The van der Waals surface area contributed by atoms with Crippen molar-refractivity contribution >= 4 is 11.0 Å². The van der Waals surface area contributed by atoms with E-state index in [2.05, 4.69) is 39.4 Å². The Morgan fingerprint density at radius 1 is 1.16 bits per heavy atom. The number of rotatable bonds is 6. The topological polar surface area (TPSA) is 54.0 Å². The highest BCUT2D eigenvalue weighted by Crippen LogP contribution is 2.51. The molecule has 1 saturated carbocycles. The van der Waals surface area contributed by atoms with Gasteiger partial charge in [0.2, 0.25) is 0 Å². The number of ether oxygens (including phenoxy) is 1. The van der Waals surface area contributed by atoms with Gasteiger partial charge in [-0.3, -0.25) is 0 Å². The number of hydrogen-bond acceptors (Lipinski definition) is 4. The van der Waals surface area contributed by atoms with Crippen molar-refractivity contribution in [3.05, 3.63) is 59.2 Å². The van der Waals surface area contributed by atoms with Crippen LogP contribution in [0.4, 0.5) is 13.2 Å². The van der Waals surface area contributed by atoms with Gasteiger partial charge in [0.1, 0.15) is 16.6 Å². The number of halogens is 3. The second kappa shape index (κ2) is 8.83. The maximum Gasteiger partial charge on any atom is 0.416 e. The van der Waals surface area contributed by atoms with Crippen molar-refractivity contribution in [3.63, 3.8) is 0 Å². The summed E-state index contributed by atoms with van der Waals surface area (Å²) in [4.78, 5) is 2.22. The summed E-state index contributed by atoms with van der Waals surface area (Å²) in [6, 6.07) is 12.4. The minimum atomic E-state index is -4.48. The van der Waals surface area contributed by atoms with Gasteiger partial charge in [-0.2, -0.15) is 28.6 Å². The van der Waals surface area contributed by atoms with Gasteiger partial charge in [0, 0.05) is 31.7 Å². The highest BCUT2D eigenvalue weighted by molar-refractivity contribution is 5.80. The molecule has 1 heterocycles. The van der Waals surface area contributed by atoms with Gasteiger partial charge < -0.3 is 9.64 Å². The highest BCUT2D eigenvalue weighted by Gasteiger charge is 2.50. The number of aromatic amines is 1. The molecule has 4 rings (SSSR count). The van der Waals surface area contributed by atoms with E-state index in [4.69, 9.17) is 4.74 Å². The molecular weight excluding hydrogens is 417 g/mol. The Balaban J connectivity index is 1.77. The third kappa shape index (κ3) is 4.13. The van der Waals surface area contributed by atoms with Crippen molar-refractivity contribution < 1.29 is 17.9 Å². The molecule has 8 heteroatoms. The average Bonchev–Trinajstić information content (AvgIpc) is 3.23. The van der Waals surface area contributed by atoms with Crippen LogP contribution in [0, 0.1) is 11.8 Å². The minimum absolute atomic E-state index is 0.00773. The summed E-state index contributed by atoms with van der Waals surface area (Å²) in [6.07, 6.45) is -1.72. The third-order valence-electron chi connectivity index (χ3n) is 6.86. The molecular formula is C24H29F3N4O. The Kier molecular flexibility index (Phi) is 6.27. The molecule has 3 aromatic rings. The van der Waals surface area contributed by atoms with Crippen molar-refractivity contribution in [2.75, 3.05) is 20.7 Å². The van der Waals surface area contributed by atoms with Gasteiger partial charge in [-0.15, -0.1) is 0 Å². The molecule has 0 bridgehead atoms. The SMILES string of the molecule is COC1(c2cc(C(F)(F)F)cc3n[nH]nc23)C(C)CCCC1CN(C)Cc1ccccc1. The molecule has 1 aliphatic rings. The second-order valence-electron chi connectivity index (χ2n) is 8.92. The van der Waals surface area contributed by atoms with E-state index in [0.717, 1.165) is 31.9 Å². The molecule has 0 aliphatic heterocycles. The molecule has 1 aliphatic carbocycles. The van der Waals surface area contributed by atoms with Crippen LogP contribution < -0.4 is 0 Å². The zero-order valence-electron chi connectivity index (χ0n) is 18.6. The Labute approximate surface area is 185 Å². The van der Waals surface area contributed by atoms with Gasteiger partial charge in [0.25, 0.3) is 0 Å². The Hall–Kier alpha value is -2.45. The van der Waals surface area contributed by atoms with E-state index in [0.29, 0.717) is 17.6 Å². The van der Waals surface area contributed by atoms with Gasteiger partial charge in [-0.25, -0.2) is 0 Å². The molecule has 0 saturated heterocycles. The molecule has 1 aromatic heterocycles. The van der Waals surface area contributed by atoms with Gasteiger partial charge in [0.05, 0.1) is 5.56 Å². The van der Waals surface area contributed by atoms with Gasteiger partial charge in [0.15, 0.2) is 0 Å². The van der Waals surface area contributed by atoms with Crippen LogP contribution in [0.15, 0.2) is 42.5 Å². The predicted octanol–water partition coefficient (Wildman–Crippen LogP) is 5.39. The van der Waals surface area contributed by atoms with Gasteiger partial charge >= 0.3 is 6.18 Å². The Morgan fingerprint density at radius 3 is 2.59 bits per heavy atom. The van der Waals surface area contributed by atoms with E-state index in [1.165, 1.54) is 11.6 Å². The van der Waals surface area contributed by atoms with Gasteiger partial charge in [-0.1, -0.05) is 43.7 Å². The summed E-state index contributed by atoms with van der Waals surface area (Å²) in [7, 11) is 3.66. The molecule has 0 amide bonds. The van der Waals surface area contributed by atoms with Crippen LogP contribution >= 0.6 is 0 Å². The quantitative estimate of drug-likeness (QED) is 0.552. The smallest absolute Gasteiger partial charge is 0.373 e. The molecule has 0 radical (unpaired) electrons. The van der Waals surface area contributed by atoms with Crippen molar-refractivity contribution in [2.24, 2.45) is 11.8 Å². The normalized spacial score (nSPS) is 24.3. The fourth-order valence-corrected chi connectivity index (χ4v) is 5.44. The Morgan fingerprint density at radius 2 is 1.91 bits per heavy atom. The zero-order chi connectivity index (χ0) is 22.9. The first-order valence-electron chi connectivity index (χ1n) is 11.0. The lowest BCUT2D eigenvalue weighted by molar-refractivity contribution is -0.140. The number of methoxy groups -OCH3 is 1. The molecule has 2 aromatic carbocycles. The lowest BCUT2D eigenvalue weighted by atomic mass is 9.64. The summed E-state index contributed by atoms with van der Waals surface area (Å²) >= 11 is 0. The summed E-state index contributed by atoms with van der Waals surface area (Å²) in [5, 5.41) is 10.7. The molecule has 32 heavy (non-hydrogen) atoms. The summed E-state index contributed by atoms with van der Waals surface area (Å²) in [5.41, 5.74) is 0.715. The maximum absolute atomic E-state index is 13.7. The van der Waals surface area contributed by atoms with Crippen LogP contribution in [-0.4, -0.2) is 41.0 Å². The van der Waals surface area contributed by atoms with E-state index < -0.39 is 17.3 Å². The molecule has 1 fully saturated rings. The first-order chi connectivity index (χ1) is 15.3. The number of fused-ring (bicyclic) bond motifs is 1. The second-order valence-corrected chi connectivity index (χ2v) is 8.92. The van der Waals surface area contributed by atoms with E-state index in [-0.39, 0.29) is 17.4 Å². The molecule has 5 nitrogen and oxygen atoms in total. The number of nitrogens with one attached hydrogen (secondary N) is 1. The molecule has 3 atom stereocenters. The first-order valence-corrected chi connectivity index (χ1v) is 11.0. The molecule has 3 unspecified atom stereocenters. The van der Waals surface area contributed by atoms with Crippen LogP contribution in [0.1, 0.15) is 42.9 Å². The number of alkyl halides is 3. The molecule has 0 spiro atoms. The summed E-state index contributed by atoms with van der Waals surface area (Å²) in [5.74, 6) is 0.0353. The lowest BCUT2D eigenvalue weighted by Crippen LogP contribution is -2.50. The minimum Gasteiger partial charge on any atom is -0.373 e. The summed E-state index contributed by atoms with van der Waals surface area (Å²) in [6.45, 7) is 3.52. The van der Waals surface area contributed by atoms with Crippen molar-refractivity contribution in [1.82, 2.24) is 20.3 Å². The highest BCUT2D eigenvalue weighted by atomic mass is 19.4. The molecule has 172 valence electrons. The zero-order valence-corrected chi connectivity index (χ0v) is 18.6. The predicted molar refractivity (Wildman–Crippen MR) is 117 cm³/mol. The largest absolute Gasteiger partial charge is 0.416 e. The van der Waals surface area contributed by atoms with E-state index in [9.17, 15) is 13.2 Å². The summed E-state index contributed by atoms with van der Waals surface area (Å²) < 4.78 is 47.4. The average molecular weight is 447 g/mol. The van der Waals surface area contributed by atoms with Crippen LogP contribution in [-0.2, 0) is 23.1 Å². The lowest BCUT2D eigenvalue weighted by Gasteiger charge is -2.49. The Bertz CT molecular complexity index is 1050. The fourth-order valence-electron chi connectivity index (χ4n) is 5.44. The molecule has 1 N–H and O–H groups in total. The van der Waals surface area contributed by atoms with Crippen LogP contribution in [0.25, 0.3) is 11.0 Å². The first kappa shape index (κ1) is 22.7. The van der Waals surface area contributed by atoms with Crippen molar-refractivity contribution in [1.29, 1.82) is 0 Å². The number of benzene rings is 2. The van der Waals surface area contributed by atoms with Crippen molar-refractivity contribution in [2.45, 2.75) is 44.5 Å². The van der Waals surface area contributed by atoms with Crippen LogP contribution in [0.5, 0.6) is 0 Å². The number of hydrogen-bond donors (Lipinski definition) is 1. The van der Waals surface area contributed by atoms with Crippen LogP contribution in [0.2, 0.25) is 0 Å². The van der Waals surface area contributed by atoms with E-state index >= 15 is 0 Å². The fraction of sp³-hybridized carbons (Fsp3) is 0.500. The third-order valence-corrected chi connectivity index (χ3v) is 6.86. The van der Waals surface area contributed by atoms with E-state index in [1.807, 2.05) is 25.2 Å². The number of H-pyrrole nitrogens is 1. The monoisotopic (exact) mass is 446 g/mol. The number of aromatic nitrogens is 3. The standard InChI is InChI=1S/C24H29F3N4O/c1-16-8-7-11-18(15-31(2)14-17-9-5-4-6-10-17)23(16,32-3)20-12-19(24(25,26)27)13-21-22(20)29-30-28-21/h4-6,9-10,12-13,16,18H,7-8,11,14-15H2,1-3H3,(H,28,29,30). The van der Waals surface area contributed by atoms with Gasteiger partial charge in [-0.05, 0) is 43.5 Å².